The van der Waals surface area contributed by atoms with E-state index in [4.69, 9.17) is 9.47 Å². The predicted octanol–water partition coefficient (Wildman–Crippen LogP) is 4.29. The molecule has 0 radical (unpaired) electrons. The van der Waals surface area contributed by atoms with Crippen LogP contribution in [-0.2, 0) is 16.1 Å². The number of hydrogen-bond acceptors (Lipinski definition) is 5. The van der Waals surface area contributed by atoms with E-state index in [0.717, 1.165) is 29.7 Å². The number of hydrogen-bond donors (Lipinski definition) is 0. The van der Waals surface area contributed by atoms with E-state index in [0.29, 0.717) is 12.4 Å². The predicted molar refractivity (Wildman–Crippen MR) is 111 cm³/mol. The molecule has 0 saturated heterocycles. The minimum absolute atomic E-state index is 0.100. The lowest BCUT2D eigenvalue weighted by Gasteiger charge is -2.09. The smallest absolute Gasteiger partial charge is 0.363 e. The van der Waals surface area contributed by atoms with Gasteiger partial charge in [0.2, 0.25) is 5.90 Å². The normalized spacial score (nSPS) is 17.5. The summed E-state index contributed by atoms with van der Waals surface area (Å²) in [6.45, 7) is 4.65. The first-order valence-corrected chi connectivity index (χ1v) is 9.74. The van der Waals surface area contributed by atoms with Gasteiger partial charge in [0.05, 0.1) is 18.8 Å². The third kappa shape index (κ3) is 4.71. The topological polar surface area (TPSA) is 65.7 Å². The third-order valence-electron chi connectivity index (χ3n) is 4.47. The molecule has 1 aromatic carbocycles. The van der Waals surface area contributed by atoms with Crippen molar-refractivity contribution in [1.82, 2.24) is 9.78 Å². The van der Waals surface area contributed by atoms with Gasteiger partial charge in [-0.2, -0.15) is 5.10 Å². The molecule has 0 amide bonds. The number of benzene rings is 1. The van der Waals surface area contributed by atoms with Gasteiger partial charge in [-0.15, -0.1) is 0 Å². The van der Waals surface area contributed by atoms with Crippen LogP contribution in [0.1, 0.15) is 37.8 Å². The summed E-state index contributed by atoms with van der Waals surface area (Å²) >= 11 is 0. The summed E-state index contributed by atoms with van der Waals surface area (Å²) in [6.07, 6.45) is 14.1. The molecule has 148 valence electrons. The molecule has 0 bridgehead atoms. The van der Waals surface area contributed by atoms with Gasteiger partial charge in [-0.05, 0) is 62.6 Å². The van der Waals surface area contributed by atoms with Crippen molar-refractivity contribution in [3.63, 3.8) is 0 Å². The maximum absolute atomic E-state index is 12.2. The molecule has 0 unspecified atom stereocenters. The molecule has 29 heavy (non-hydrogen) atoms. The van der Waals surface area contributed by atoms with Crippen molar-refractivity contribution >= 4 is 17.9 Å². The molecular formula is C23H23N3O3. The van der Waals surface area contributed by atoms with Gasteiger partial charge in [0.1, 0.15) is 5.75 Å². The summed E-state index contributed by atoms with van der Waals surface area (Å²) in [5.74, 6) is 0.593. The molecule has 0 spiro atoms. The standard InChI is InChI=1S/C23H23N3O3/c1-16(2)28-20-10-8-19(9-11-20)22-25-21(23(27)29-22)12-18-13-24-26(15-18)14-17-6-4-3-5-7-17/h4,6-13,15-16H,3,5,14H2,1-2H3/b21-12-. The van der Waals surface area contributed by atoms with Gasteiger partial charge in [0.25, 0.3) is 0 Å². The molecule has 4 rings (SSSR count). The lowest BCUT2D eigenvalue weighted by atomic mass is 10.1. The number of ether oxygens (including phenoxy) is 2. The Hall–Kier alpha value is -3.41. The van der Waals surface area contributed by atoms with Crippen LogP contribution in [-0.4, -0.2) is 27.8 Å². The average Bonchev–Trinajstić information content (AvgIpc) is 3.29. The maximum atomic E-state index is 12.2. The fraction of sp³-hybridized carbons (Fsp3) is 0.261. The number of allylic oxidation sites excluding steroid dienone is 4. The van der Waals surface area contributed by atoms with Gasteiger partial charge in [-0.3, -0.25) is 4.68 Å². The first kappa shape index (κ1) is 18.9. The molecule has 0 N–H and O–H groups in total. The van der Waals surface area contributed by atoms with Crippen LogP contribution in [0.5, 0.6) is 5.75 Å². The Bertz CT molecular complexity index is 1020. The summed E-state index contributed by atoms with van der Waals surface area (Å²) in [5.41, 5.74) is 3.04. The summed E-state index contributed by atoms with van der Waals surface area (Å²) in [5, 5.41) is 4.37. The highest BCUT2D eigenvalue weighted by Gasteiger charge is 2.24. The minimum Gasteiger partial charge on any atom is -0.491 e. The van der Waals surface area contributed by atoms with Crippen LogP contribution < -0.4 is 4.74 Å². The van der Waals surface area contributed by atoms with Crippen LogP contribution in [0.15, 0.2) is 71.1 Å². The highest BCUT2D eigenvalue weighted by atomic mass is 16.6. The van der Waals surface area contributed by atoms with E-state index in [1.165, 1.54) is 5.57 Å². The third-order valence-corrected chi connectivity index (χ3v) is 4.47. The Morgan fingerprint density at radius 2 is 2.07 bits per heavy atom. The summed E-state index contributed by atoms with van der Waals surface area (Å²) in [4.78, 5) is 16.6. The molecule has 2 aromatic rings. The SMILES string of the molecule is CC(C)Oc1ccc(C2=N/C(=C\c3cnn(CC4=CCCC=C4)c3)C(=O)O2)cc1. The number of carbonyl (C=O) groups excluding carboxylic acids is 1. The lowest BCUT2D eigenvalue weighted by molar-refractivity contribution is -0.129. The number of aliphatic imine (C=N–C) groups is 1. The molecule has 0 saturated carbocycles. The molecule has 1 aliphatic heterocycles. The zero-order valence-electron chi connectivity index (χ0n) is 16.5. The van der Waals surface area contributed by atoms with Crippen molar-refractivity contribution in [1.29, 1.82) is 0 Å². The average molecular weight is 389 g/mol. The molecule has 6 heteroatoms. The number of esters is 1. The van der Waals surface area contributed by atoms with Gasteiger partial charge in [-0.1, -0.05) is 18.2 Å². The zero-order valence-corrected chi connectivity index (χ0v) is 16.5. The van der Waals surface area contributed by atoms with Crippen LogP contribution in [0.3, 0.4) is 0 Å². The highest BCUT2D eigenvalue weighted by molar-refractivity contribution is 6.12. The van der Waals surface area contributed by atoms with E-state index < -0.39 is 5.97 Å². The van der Waals surface area contributed by atoms with E-state index in [2.05, 4.69) is 28.3 Å². The molecule has 0 atom stereocenters. The number of carbonyl (C=O) groups is 1. The Kier molecular flexibility index (Phi) is 5.42. The van der Waals surface area contributed by atoms with Crippen LogP contribution >= 0.6 is 0 Å². The first-order valence-electron chi connectivity index (χ1n) is 9.74. The van der Waals surface area contributed by atoms with E-state index >= 15 is 0 Å². The van der Waals surface area contributed by atoms with E-state index in [1.807, 2.05) is 49.0 Å². The fourth-order valence-electron chi connectivity index (χ4n) is 3.15. The Balaban J connectivity index is 1.48. The monoisotopic (exact) mass is 389 g/mol. The minimum atomic E-state index is -0.465. The first-order chi connectivity index (χ1) is 14.1. The second kappa shape index (κ2) is 8.31. The number of aromatic nitrogens is 2. The van der Waals surface area contributed by atoms with Crippen molar-refractivity contribution in [2.75, 3.05) is 0 Å². The molecular weight excluding hydrogens is 366 g/mol. The second-order valence-electron chi connectivity index (χ2n) is 7.26. The van der Waals surface area contributed by atoms with Crippen molar-refractivity contribution in [3.05, 3.63) is 77.3 Å². The maximum Gasteiger partial charge on any atom is 0.363 e. The van der Waals surface area contributed by atoms with Gasteiger partial charge < -0.3 is 9.47 Å². The molecule has 0 fully saturated rings. The van der Waals surface area contributed by atoms with E-state index in [9.17, 15) is 4.79 Å². The van der Waals surface area contributed by atoms with E-state index in [1.54, 1.807) is 12.3 Å². The summed E-state index contributed by atoms with van der Waals surface area (Å²) in [7, 11) is 0. The quantitative estimate of drug-likeness (QED) is 0.546. The Labute approximate surface area is 169 Å². The molecule has 2 heterocycles. The van der Waals surface area contributed by atoms with Crippen LogP contribution in [0, 0.1) is 0 Å². The van der Waals surface area contributed by atoms with Crippen LogP contribution in [0.4, 0.5) is 0 Å². The van der Waals surface area contributed by atoms with Crippen molar-refractivity contribution < 1.29 is 14.3 Å². The second-order valence-corrected chi connectivity index (χ2v) is 7.26. The van der Waals surface area contributed by atoms with Crippen LogP contribution in [0.25, 0.3) is 6.08 Å². The lowest BCUT2D eigenvalue weighted by Crippen LogP contribution is -2.07. The molecule has 6 nitrogen and oxygen atoms in total. The molecule has 1 aliphatic carbocycles. The van der Waals surface area contributed by atoms with E-state index in [-0.39, 0.29) is 11.8 Å². The van der Waals surface area contributed by atoms with Crippen LogP contribution in [0.2, 0.25) is 0 Å². The molecule has 1 aromatic heterocycles. The zero-order chi connectivity index (χ0) is 20.2. The van der Waals surface area contributed by atoms with Gasteiger partial charge in [-0.25, -0.2) is 9.79 Å². The van der Waals surface area contributed by atoms with Crippen molar-refractivity contribution in [2.24, 2.45) is 4.99 Å². The highest BCUT2D eigenvalue weighted by Crippen LogP contribution is 2.21. The van der Waals surface area contributed by atoms with Gasteiger partial charge in [0.15, 0.2) is 5.70 Å². The fourth-order valence-corrected chi connectivity index (χ4v) is 3.15. The molecule has 2 aliphatic rings. The Morgan fingerprint density at radius 3 is 2.79 bits per heavy atom. The Morgan fingerprint density at radius 1 is 1.24 bits per heavy atom. The van der Waals surface area contributed by atoms with Gasteiger partial charge >= 0.3 is 5.97 Å². The largest absolute Gasteiger partial charge is 0.491 e. The van der Waals surface area contributed by atoms with Crippen molar-refractivity contribution in [3.8, 4) is 5.75 Å². The summed E-state index contributed by atoms with van der Waals surface area (Å²) < 4.78 is 12.8. The van der Waals surface area contributed by atoms with Crippen molar-refractivity contribution in [2.45, 2.75) is 39.3 Å². The summed E-state index contributed by atoms with van der Waals surface area (Å²) in [6, 6.07) is 7.34. The number of nitrogens with zero attached hydrogens (tertiary/aromatic N) is 3. The van der Waals surface area contributed by atoms with Gasteiger partial charge in [0, 0.05) is 17.3 Å². The number of rotatable bonds is 6. The number of cyclic esters (lactones) is 1.